The van der Waals surface area contributed by atoms with Crippen molar-refractivity contribution in [2.24, 2.45) is 5.92 Å². The first-order valence-corrected chi connectivity index (χ1v) is 12.5. The first-order valence-electron chi connectivity index (χ1n) is 12.5. The fourth-order valence-corrected chi connectivity index (χ4v) is 6.97. The molecule has 3 atom stereocenters. The predicted molar refractivity (Wildman–Crippen MR) is 124 cm³/mol. The summed E-state index contributed by atoms with van der Waals surface area (Å²) in [6.45, 7) is 7.96. The number of fused-ring (bicyclic) bond motifs is 1. The molecule has 1 aromatic heterocycles. The van der Waals surface area contributed by atoms with Gasteiger partial charge in [-0.25, -0.2) is 0 Å². The van der Waals surface area contributed by atoms with Gasteiger partial charge in [0.05, 0.1) is 17.8 Å². The Morgan fingerprint density at radius 3 is 2.66 bits per heavy atom. The van der Waals surface area contributed by atoms with E-state index >= 15 is 0 Å². The normalized spacial score (nSPS) is 32.9. The molecule has 0 amide bonds. The first-order chi connectivity index (χ1) is 15.5. The largest absolute Gasteiger partial charge is 0.508 e. The summed E-state index contributed by atoms with van der Waals surface area (Å²) in [5.41, 5.74) is 2.60. The van der Waals surface area contributed by atoms with Crippen LogP contribution in [0.2, 0.25) is 0 Å². The molecule has 6 nitrogen and oxygen atoms in total. The van der Waals surface area contributed by atoms with E-state index in [1.54, 1.807) is 0 Å². The second-order valence-electron chi connectivity index (χ2n) is 10.8. The van der Waals surface area contributed by atoms with Gasteiger partial charge in [-0.15, -0.1) is 0 Å². The van der Waals surface area contributed by atoms with Crippen LogP contribution in [0.3, 0.4) is 0 Å². The number of nitrogens with zero attached hydrogens (tertiary/aromatic N) is 4. The highest BCUT2D eigenvalue weighted by Crippen LogP contribution is 2.56. The second kappa shape index (κ2) is 7.57. The molecule has 2 aliphatic heterocycles. The molecule has 2 bridgehead atoms. The molecule has 1 saturated carbocycles. The highest BCUT2D eigenvalue weighted by Gasteiger charge is 2.63. The lowest BCUT2D eigenvalue weighted by atomic mass is 9.52. The van der Waals surface area contributed by atoms with Gasteiger partial charge < -0.3 is 15.1 Å². The minimum Gasteiger partial charge on any atom is -0.508 e. The number of aryl methyl sites for hydroxylation is 1. The minimum atomic E-state index is -0.738. The van der Waals surface area contributed by atoms with Gasteiger partial charge in [-0.1, -0.05) is 6.07 Å². The Bertz CT molecular complexity index is 1000. The average molecular weight is 437 g/mol. The van der Waals surface area contributed by atoms with Crippen LogP contribution in [-0.2, 0) is 18.4 Å². The molecule has 32 heavy (non-hydrogen) atoms. The van der Waals surface area contributed by atoms with Crippen LogP contribution in [0, 0.1) is 12.8 Å². The van der Waals surface area contributed by atoms with Crippen molar-refractivity contribution in [3.05, 3.63) is 47.3 Å². The van der Waals surface area contributed by atoms with Gasteiger partial charge in [-0.2, -0.15) is 5.10 Å². The molecule has 2 N–H and O–H groups in total. The van der Waals surface area contributed by atoms with Crippen molar-refractivity contribution >= 4 is 0 Å². The molecule has 172 valence electrons. The molecule has 2 saturated heterocycles. The molecule has 0 radical (unpaired) electrons. The Labute approximate surface area is 190 Å². The SMILES string of the molecule is Cc1ccn(CCN2CC[C@]34CCN(CC5CC5)[C@H](Cc5ccc(O)cc53)[C@]4(O)CC2)n1. The maximum absolute atomic E-state index is 12.5. The van der Waals surface area contributed by atoms with Crippen LogP contribution >= 0.6 is 0 Å². The summed E-state index contributed by atoms with van der Waals surface area (Å²) in [7, 11) is 0. The minimum absolute atomic E-state index is 0.183. The van der Waals surface area contributed by atoms with Crippen molar-refractivity contribution < 1.29 is 10.2 Å². The summed E-state index contributed by atoms with van der Waals surface area (Å²) in [6, 6.07) is 8.15. The number of rotatable bonds is 5. The summed E-state index contributed by atoms with van der Waals surface area (Å²) >= 11 is 0. The number of benzene rings is 1. The smallest absolute Gasteiger partial charge is 0.115 e. The van der Waals surface area contributed by atoms with E-state index in [1.807, 2.05) is 23.7 Å². The maximum Gasteiger partial charge on any atom is 0.115 e. The number of aliphatic hydroxyl groups is 1. The molecule has 0 unspecified atom stereocenters. The number of piperidine rings is 1. The Balaban J connectivity index is 1.31. The molecule has 6 rings (SSSR count). The van der Waals surface area contributed by atoms with Crippen LogP contribution < -0.4 is 0 Å². The molecule has 1 aromatic carbocycles. The Morgan fingerprint density at radius 1 is 1.06 bits per heavy atom. The van der Waals surface area contributed by atoms with Crippen molar-refractivity contribution in [1.29, 1.82) is 0 Å². The predicted octanol–water partition coefficient (Wildman–Crippen LogP) is 2.70. The Hall–Kier alpha value is -1.89. The number of phenolic OH excluding ortho intramolecular Hbond substituents is 1. The van der Waals surface area contributed by atoms with E-state index in [-0.39, 0.29) is 11.5 Å². The fraction of sp³-hybridized carbons (Fsp3) is 0.654. The molecule has 0 spiro atoms. The van der Waals surface area contributed by atoms with E-state index in [1.165, 1.54) is 24.0 Å². The van der Waals surface area contributed by atoms with E-state index in [9.17, 15) is 10.2 Å². The highest BCUT2D eigenvalue weighted by atomic mass is 16.3. The fourth-order valence-electron chi connectivity index (χ4n) is 6.97. The van der Waals surface area contributed by atoms with E-state index in [4.69, 9.17) is 0 Å². The van der Waals surface area contributed by atoms with Crippen LogP contribution in [0.1, 0.15) is 48.9 Å². The number of likely N-dealkylation sites (tertiary alicyclic amines) is 2. The van der Waals surface area contributed by atoms with Gasteiger partial charge in [0.15, 0.2) is 0 Å². The summed E-state index contributed by atoms with van der Waals surface area (Å²) in [6.07, 6.45) is 8.37. The molecule has 4 aliphatic rings. The molecule has 3 heterocycles. The number of hydrogen-bond acceptors (Lipinski definition) is 5. The molecular formula is C26H36N4O2. The third-order valence-electron chi connectivity index (χ3n) is 8.94. The van der Waals surface area contributed by atoms with Gasteiger partial charge in [0.2, 0.25) is 0 Å². The Kier molecular flexibility index (Phi) is 4.90. The summed E-state index contributed by atoms with van der Waals surface area (Å²) in [5, 5.41) is 27.4. The van der Waals surface area contributed by atoms with E-state index in [0.717, 1.165) is 76.6 Å². The monoisotopic (exact) mass is 436 g/mol. The van der Waals surface area contributed by atoms with Crippen molar-refractivity contribution in [3.63, 3.8) is 0 Å². The van der Waals surface area contributed by atoms with E-state index in [0.29, 0.717) is 5.75 Å². The van der Waals surface area contributed by atoms with Gasteiger partial charge in [0, 0.05) is 37.3 Å². The molecule has 2 aromatic rings. The zero-order chi connectivity index (χ0) is 21.9. The number of hydrogen-bond donors (Lipinski definition) is 2. The summed E-state index contributed by atoms with van der Waals surface area (Å²) in [5.74, 6) is 1.15. The van der Waals surface area contributed by atoms with E-state index in [2.05, 4.69) is 33.2 Å². The van der Waals surface area contributed by atoms with Gasteiger partial charge in [-0.05, 0) is 93.8 Å². The van der Waals surface area contributed by atoms with Crippen molar-refractivity contribution in [2.45, 2.75) is 69.1 Å². The third-order valence-corrected chi connectivity index (χ3v) is 8.94. The topological polar surface area (TPSA) is 64.8 Å². The molecule has 6 heteroatoms. The van der Waals surface area contributed by atoms with Crippen molar-refractivity contribution in [3.8, 4) is 5.75 Å². The molecule has 3 fully saturated rings. The zero-order valence-electron chi connectivity index (χ0n) is 19.2. The van der Waals surface area contributed by atoms with Gasteiger partial charge >= 0.3 is 0 Å². The van der Waals surface area contributed by atoms with Gasteiger partial charge in [-0.3, -0.25) is 9.58 Å². The van der Waals surface area contributed by atoms with E-state index < -0.39 is 5.60 Å². The molecular weight excluding hydrogens is 400 g/mol. The maximum atomic E-state index is 12.5. The summed E-state index contributed by atoms with van der Waals surface area (Å²) in [4.78, 5) is 5.14. The zero-order valence-corrected chi connectivity index (χ0v) is 19.2. The lowest BCUT2D eigenvalue weighted by molar-refractivity contribution is -0.149. The standard InChI is InChI=1S/C26H36N4O2/c1-19-6-10-30(27-19)15-14-28-11-7-25-8-13-29(18-20-2-3-20)24(26(25,32)9-12-28)16-21-4-5-22(31)17-23(21)25/h4-6,10,17,20,24,31-32H,2-3,7-9,11-16,18H2,1H3/t24-,25+,26-/m1/s1. The first kappa shape index (κ1) is 20.7. The van der Waals surface area contributed by atoms with Crippen LogP contribution in [0.4, 0.5) is 0 Å². The third kappa shape index (κ3) is 3.30. The van der Waals surface area contributed by atoms with Crippen LogP contribution in [0.15, 0.2) is 30.5 Å². The lowest BCUT2D eigenvalue weighted by Crippen LogP contribution is -2.71. The lowest BCUT2D eigenvalue weighted by Gasteiger charge is -2.61. The van der Waals surface area contributed by atoms with Crippen LogP contribution in [0.25, 0.3) is 0 Å². The Morgan fingerprint density at radius 2 is 1.88 bits per heavy atom. The second-order valence-corrected chi connectivity index (χ2v) is 10.8. The van der Waals surface area contributed by atoms with Crippen molar-refractivity contribution in [2.75, 3.05) is 32.7 Å². The van der Waals surface area contributed by atoms with Crippen LogP contribution in [0.5, 0.6) is 5.75 Å². The van der Waals surface area contributed by atoms with Crippen LogP contribution in [-0.4, -0.2) is 74.2 Å². The summed E-state index contributed by atoms with van der Waals surface area (Å²) < 4.78 is 2.03. The highest BCUT2D eigenvalue weighted by molar-refractivity contribution is 5.48. The quantitative estimate of drug-likeness (QED) is 0.755. The average Bonchev–Trinajstić information content (AvgIpc) is 3.52. The van der Waals surface area contributed by atoms with Crippen molar-refractivity contribution in [1.82, 2.24) is 19.6 Å². The number of aromatic nitrogens is 2. The number of phenols is 1. The van der Waals surface area contributed by atoms with Gasteiger partial charge in [0.25, 0.3) is 0 Å². The van der Waals surface area contributed by atoms with Gasteiger partial charge in [0.1, 0.15) is 5.75 Å². The molecule has 2 aliphatic carbocycles. The number of aromatic hydroxyl groups is 1.